The van der Waals surface area contributed by atoms with Gasteiger partial charge in [0, 0.05) is 19.6 Å². The van der Waals surface area contributed by atoms with E-state index in [-0.39, 0.29) is 0 Å². The summed E-state index contributed by atoms with van der Waals surface area (Å²) in [6.45, 7) is 10.1. The molecule has 0 spiro atoms. The van der Waals surface area contributed by atoms with Gasteiger partial charge in [0.05, 0.1) is 21.5 Å². The zero-order chi connectivity index (χ0) is 14.8. The normalized spacial score (nSPS) is 24.9. The van der Waals surface area contributed by atoms with Gasteiger partial charge in [-0.2, -0.15) is 5.10 Å². The fourth-order valence-electron chi connectivity index (χ4n) is 2.86. The van der Waals surface area contributed by atoms with Crippen LogP contribution >= 0.6 is 15.9 Å². The molecule has 20 heavy (non-hydrogen) atoms. The molecule has 2 heterocycles. The van der Waals surface area contributed by atoms with E-state index in [1.54, 1.807) is 0 Å². The summed E-state index contributed by atoms with van der Waals surface area (Å²) in [7, 11) is 0. The van der Waals surface area contributed by atoms with Crippen LogP contribution in [0, 0.1) is 0 Å². The van der Waals surface area contributed by atoms with Crippen molar-refractivity contribution in [3.8, 4) is 0 Å². The number of aromatic nitrogens is 2. The van der Waals surface area contributed by atoms with Gasteiger partial charge in [-0.05, 0) is 62.0 Å². The molecule has 1 fully saturated rings. The summed E-state index contributed by atoms with van der Waals surface area (Å²) in [6.07, 6.45) is 3.77. The van der Waals surface area contributed by atoms with Crippen molar-refractivity contribution in [3.63, 3.8) is 0 Å². The highest BCUT2D eigenvalue weighted by atomic mass is 79.9. The Kier molecular flexibility index (Phi) is 5.26. The predicted molar refractivity (Wildman–Crippen MR) is 84.7 cm³/mol. The Morgan fingerprint density at radius 3 is 2.70 bits per heavy atom. The number of hydrogen-bond acceptors (Lipinski definition) is 3. The maximum absolute atomic E-state index is 10.2. The highest BCUT2D eigenvalue weighted by Gasteiger charge is 2.26. The highest BCUT2D eigenvalue weighted by Crippen LogP contribution is 2.26. The first-order valence-electron chi connectivity index (χ1n) is 7.65. The molecule has 1 aliphatic heterocycles. The van der Waals surface area contributed by atoms with Crippen molar-refractivity contribution in [1.82, 2.24) is 14.7 Å². The number of nitrogens with zero attached hydrogens (tertiary/aromatic N) is 3. The molecule has 114 valence electrons. The summed E-state index contributed by atoms with van der Waals surface area (Å²) < 4.78 is 3.27. The summed E-state index contributed by atoms with van der Waals surface area (Å²) in [5.41, 5.74) is 1.92. The predicted octanol–water partition coefficient (Wildman–Crippen LogP) is 2.96. The molecule has 1 saturated heterocycles. The SMILES string of the molecule is CCc1nn(CC)c(CN2CCCC(C)(O)CC2)c1Br. The minimum atomic E-state index is -0.494. The lowest BCUT2D eigenvalue weighted by atomic mass is 9.98. The molecule has 0 amide bonds. The van der Waals surface area contributed by atoms with Crippen LogP contribution in [0.25, 0.3) is 0 Å². The van der Waals surface area contributed by atoms with Gasteiger partial charge < -0.3 is 5.11 Å². The third kappa shape index (κ3) is 3.62. The van der Waals surface area contributed by atoms with Gasteiger partial charge in [-0.3, -0.25) is 9.58 Å². The van der Waals surface area contributed by atoms with E-state index in [9.17, 15) is 5.11 Å². The topological polar surface area (TPSA) is 41.3 Å². The van der Waals surface area contributed by atoms with Crippen molar-refractivity contribution >= 4 is 15.9 Å². The van der Waals surface area contributed by atoms with Gasteiger partial charge in [-0.1, -0.05) is 6.92 Å². The molecular weight excluding hydrogens is 318 g/mol. The molecule has 5 heteroatoms. The van der Waals surface area contributed by atoms with Gasteiger partial charge in [-0.25, -0.2) is 0 Å². The van der Waals surface area contributed by atoms with Gasteiger partial charge in [0.1, 0.15) is 0 Å². The van der Waals surface area contributed by atoms with Gasteiger partial charge in [0.2, 0.25) is 0 Å². The molecule has 1 aliphatic rings. The van der Waals surface area contributed by atoms with Crippen molar-refractivity contribution in [2.45, 2.75) is 65.1 Å². The molecule has 0 aliphatic carbocycles. The molecule has 0 bridgehead atoms. The molecule has 1 unspecified atom stereocenters. The number of hydrogen-bond donors (Lipinski definition) is 1. The van der Waals surface area contributed by atoms with Gasteiger partial charge >= 0.3 is 0 Å². The van der Waals surface area contributed by atoms with Crippen molar-refractivity contribution in [1.29, 1.82) is 0 Å². The minimum Gasteiger partial charge on any atom is -0.390 e. The van der Waals surface area contributed by atoms with E-state index in [2.05, 4.69) is 44.5 Å². The molecule has 0 saturated carbocycles. The first-order valence-corrected chi connectivity index (χ1v) is 8.45. The number of aryl methyl sites for hydroxylation is 2. The van der Waals surface area contributed by atoms with Crippen LogP contribution in [-0.4, -0.2) is 38.5 Å². The summed E-state index contributed by atoms with van der Waals surface area (Å²) in [6, 6.07) is 0. The van der Waals surface area contributed by atoms with E-state index >= 15 is 0 Å². The Bertz CT molecular complexity index is 456. The summed E-state index contributed by atoms with van der Waals surface area (Å²) in [4.78, 5) is 2.44. The van der Waals surface area contributed by atoms with Crippen LogP contribution in [0.3, 0.4) is 0 Å². The second kappa shape index (κ2) is 6.58. The quantitative estimate of drug-likeness (QED) is 0.913. The zero-order valence-corrected chi connectivity index (χ0v) is 14.4. The number of halogens is 1. The average Bonchev–Trinajstić information content (AvgIpc) is 2.60. The Balaban J connectivity index is 2.11. The molecule has 2 rings (SSSR count). The number of aliphatic hydroxyl groups is 1. The Morgan fingerprint density at radius 2 is 2.05 bits per heavy atom. The maximum Gasteiger partial charge on any atom is 0.0767 e. The van der Waals surface area contributed by atoms with Crippen molar-refractivity contribution in [2.75, 3.05) is 13.1 Å². The van der Waals surface area contributed by atoms with E-state index in [4.69, 9.17) is 0 Å². The second-order valence-corrected chi connectivity index (χ2v) is 6.80. The van der Waals surface area contributed by atoms with Gasteiger partial charge in [-0.15, -0.1) is 0 Å². The highest BCUT2D eigenvalue weighted by molar-refractivity contribution is 9.10. The smallest absolute Gasteiger partial charge is 0.0767 e. The lowest BCUT2D eigenvalue weighted by Crippen LogP contribution is -2.29. The number of likely N-dealkylation sites (tertiary alicyclic amines) is 1. The Labute approximate surface area is 130 Å². The fourth-order valence-corrected chi connectivity index (χ4v) is 3.55. The molecule has 0 aromatic carbocycles. The lowest BCUT2D eigenvalue weighted by molar-refractivity contribution is 0.0443. The molecule has 1 atom stereocenters. The van der Waals surface area contributed by atoms with E-state index in [0.717, 1.165) is 62.0 Å². The molecule has 1 aromatic heterocycles. The summed E-state index contributed by atoms with van der Waals surface area (Å²) >= 11 is 3.71. The van der Waals surface area contributed by atoms with E-state index in [1.165, 1.54) is 5.69 Å². The van der Waals surface area contributed by atoms with Crippen LogP contribution in [0.1, 0.15) is 51.4 Å². The molecule has 1 aromatic rings. The van der Waals surface area contributed by atoms with E-state index in [0.29, 0.717) is 0 Å². The van der Waals surface area contributed by atoms with Crippen LogP contribution in [-0.2, 0) is 19.5 Å². The van der Waals surface area contributed by atoms with Gasteiger partial charge in [0.25, 0.3) is 0 Å². The van der Waals surface area contributed by atoms with Crippen LogP contribution in [0.4, 0.5) is 0 Å². The Hall–Kier alpha value is -0.390. The third-order valence-electron chi connectivity index (χ3n) is 4.22. The molecule has 4 nitrogen and oxygen atoms in total. The maximum atomic E-state index is 10.2. The zero-order valence-electron chi connectivity index (χ0n) is 12.8. The van der Waals surface area contributed by atoms with Crippen molar-refractivity contribution < 1.29 is 5.11 Å². The molecule has 1 N–H and O–H groups in total. The molecular formula is C15H26BrN3O. The van der Waals surface area contributed by atoms with Gasteiger partial charge in [0.15, 0.2) is 0 Å². The van der Waals surface area contributed by atoms with E-state index < -0.39 is 5.60 Å². The first kappa shape index (κ1) is 16.0. The van der Waals surface area contributed by atoms with Crippen molar-refractivity contribution in [3.05, 3.63) is 15.9 Å². The fraction of sp³-hybridized carbons (Fsp3) is 0.800. The summed E-state index contributed by atoms with van der Waals surface area (Å²) in [5.74, 6) is 0. The lowest BCUT2D eigenvalue weighted by Gasteiger charge is -2.22. The standard InChI is InChI=1S/C15H26BrN3O/c1-4-12-14(16)13(19(5-2)17-12)11-18-9-6-7-15(3,20)8-10-18/h20H,4-11H2,1-3H3. The second-order valence-electron chi connectivity index (χ2n) is 6.00. The van der Waals surface area contributed by atoms with Crippen LogP contribution in [0.15, 0.2) is 4.47 Å². The van der Waals surface area contributed by atoms with Crippen LogP contribution in [0.5, 0.6) is 0 Å². The molecule has 0 radical (unpaired) electrons. The van der Waals surface area contributed by atoms with Crippen LogP contribution in [0.2, 0.25) is 0 Å². The monoisotopic (exact) mass is 343 g/mol. The largest absolute Gasteiger partial charge is 0.390 e. The average molecular weight is 344 g/mol. The Morgan fingerprint density at radius 1 is 1.30 bits per heavy atom. The summed E-state index contributed by atoms with van der Waals surface area (Å²) in [5, 5.41) is 14.8. The number of rotatable bonds is 4. The third-order valence-corrected chi connectivity index (χ3v) is 5.14. The first-order chi connectivity index (χ1) is 9.46. The van der Waals surface area contributed by atoms with Crippen molar-refractivity contribution in [2.24, 2.45) is 0 Å². The minimum absolute atomic E-state index is 0.494. The van der Waals surface area contributed by atoms with Crippen LogP contribution < -0.4 is 0 Å². The van der Waals surface area contributed by atoms with E-state index in [1.807, 2.05) is 6.92 Å².